The third-order valence-electron chi connectivity index (χ3n) is 7.19. The number of aromatic amines is 2. The van der Waals surface area contributed by atoms with Gasteiger partial charge in [0.05, 0.1) is 35.2 Å². The van der Waals surface area contributed by atoms with Crippen LogP contribution in [-0.4, -0.2) is 55.7 Å². The van der Waals surface area contributed by atoms with Crippen molar-refractivity contribution in [3.05, 3.63) is 72.3 Å². The summed E-state index contributed by atoms with van der Waals surface area (Å²) in [5.74, 6) is -1.11. The Labute approximate surface area is 248 Å². The van der Waals surface area contributed by atoms with Crippen molar-refractivity contribution in [3.8, 4) is 33.9 Å². The molecule has 15 heteroatoms. The van der Waals surface area contributed by atoms with Crippen LogP contribution in [0.15, 0.2) is 55.1 Å². The van der Waals surface area contributed by atoms with Gasteiger partial charge in [0.15, 0.2) is 17.3 Å². The van der Waals surface area contributed by atoms with Crippen molar-refractivity contribution >= 4 is 43.7 Å². The van der Waals surface area contributed by atoms with E-state index >= 15 is 4.39 Å². The number of H-pyrrole nitrogens is 2. The van der Waals surface area contributed by atoms with Gasteiger partial charge in [0.2, 0.25) is 15.9 Å². The van der Waals surface area contributed by atoms with Gasteiger partial charge in [-0.1, -0.05) is 0 Å². The SMILES string of the molecule is CS(=O)(=O)NCc1cc(F)cc(-c2ccnc3[nH]c(-c4n[nH]c5cnc(-c6cncc(NC(=O)C7CC7)c6)c(F)c45)nc23)c1. The van der Waals surface area contributed by atoms with E-state index in [0.29, 0.717) is 44.6 Å². The van der Waals surface area contributed by atoms with Crippen LogP contribution < -0.4 is 10.0 Å². The quantitative estimate of drug-likeness (QED) is 0.196. The lowest BCUT2D eigenvalue weighted by molar-refractivity contribution is -0.117. The fraction of sp³-hybridized carbons (Fsp3) is 0.172. The summed E-state index contributed by atoms with van der Waals surface area (Å²) in [6.07, 6.45) is 8.64. The minimum atomic E-state index is -3.48. The third kappa shape index (κ3) is 5.38. The average molecular weight is 616 g/mol. The predicted octanol–water partition coefficient (Wildman–Crippen LogP) is 4.30. The number of benzene rings is 1. The fourth-order valence-electron chi connectivity index (χ4n) is 4.95. The minimum Gasteiger partial charge on any atom is -0.324 e. The van der Waals surface area contributed by atoms with E-state index in [1.54, 1.807) is 18.2 Å². The minimum absolute atomic E-state index is 0.00276. The molecule has 44 heavy (non-hydrogen) atoms. The summed E-state index contributed by atoms with van der Waals surface area (Å²) in [6.45, 7) is -0.0934. The highest BCUT2D eigenvalue weighted by Crippen LogP contribution is 2.35. The zero-order valence-electron chi connectivity index (χ0n) is 23.0. The maximum absolute atomic E-state index is 16.1. The van der Waals surface area contributed by atoms with Gasteiger partial charge in [-0.05, 0) is 54.3 Å². The normalized spacial score (nSPS) is 13.5. The van der Waals surface area contributed by atoms with Crippen LogP contribution in [0, 0.1) is 17.6 Å². The second-order valence-corrected chi connectivity index (χ2v) is 12.4. The number of sulfonamides is 1. The van der Waals surface area contributed by atoms with E-state index < -0.39 is 21.7 Å². The van der Waals surface area contributed by atoms with Gasteiger partial charge in [-0.15, -0.1) is 0 Å². The average Bonchev–Trinajstić information content (AvgIpc) is 3.60. The Morgan fingerprint density at radius 3 is 2.68 bits per heavy atom. The van der Waals surface area contributed by atoms with Gasteiger partial charge in [-0.3, -0.25) is 19.9 Å². The number of nitrogens with one attached hydrogen (secondary N) is 4. The Kier molecular flexibility index (Phi) is 6.62. The molecule has 6 aromatic rings. The summed E-state index contributed by atoms with van der Waals surface area (Å²) < 4.78 is 56.2. The summed E-state index contributed by atoms with van der Waals surface area (Å²) >= 11 is 0. The van der Waals surface area contributed by atoms with E-state index in [0.717, 1.165) is 19.1 Å². The molecule has 4 N–H and O–H groups in total. The lowest BCUT2D eigenvalue weighted by Crippen LogP contribution is -2.21. The molecule has 1 aliphatic carbocycles. The molecule has 5 heterocycles. The molecule has 1 amide bonds. The monoisotopic (exact) mass is 615 g/mol. The number of rotatable bonds is 8. The van der Waals surface area contributed by atoms with Gasteiger partial charge in [-0.25, -0.2) is 31.9 Å². The highest BCUT2D eigenvalue weighted by atomic mass is 32.2. The number of halogens is 2. The number of hydrogen-bond donors (Lipinski definition) is 4. The van der Waals surface area contributed by atoms with Crippen molar-refractivity contribution < 1.29 is 22.0 Å². The molecule has 1 aromatic carbocycles. The molecule has 0 bridgehead atoms. The third-order valence-corrected chi connectivity index (χ3v) is 7.86. The zero-order chi connectivity index (χ0) is 30.6. The van der Waals surface area contributed by atoms with E-state index in [1.165, 1.54) is 36.9 Å². The van der Waals surface area contributed by atoms with Gasteiger partial charge >= 0.3 is 0 Å². The lowest BCUT2D eigenvalue weighted by Gasteiger charge is -2.08. The van der Waals surface area contributed by atoms with Crippen molar-refractivity contribution in [1.29, 1.82) is 0 Å². The number of anilines is 1. The zero-order valence-corrected chi connectivity index (χ0v) is 23.8. The first-order chi connectivity index (χ1) is 21.1. The fourth-order valence-corrected chi connectivity index (χ4v) is 5.38. The molecule has 1 saturated carbocycles. The van der Waals surface area contributed by atoms with Crippen LogP contribution in [0.1, 0.15) is 18.4 Å². The molecule has 0 aliphatic heterocycles. The van der Waals surface area contributed by atoms with Gasteiger partial charge < -0.3 is 10.3 Å². The van der Waals surface area contributed by atoms with Gasteiger partial charge in [0, 0.05) is 36.0 Å². The van der Waals surface area contributed by atoms with Crippen LogP contribution in [0.25, 0.3) is 56.0 Å². The summed E-state index contributed by atoms with van der Waals surface area (Å²) in [5.41, 5.74) is 3.45. The summed E-state index contributed by atoms with van der Waals surface area (Å²) in [4.78, 5) is 32.7. The summed E-state index contributed by atoms with van der Waals surface area (Å²) in [5, 5.41) is 10.0. The Morgan fingerprint density at radius 2 is 1.89 bits per heavy atom. The van der Waals surface area contributed by atoms with Gasteiger partial charge in [0.1, 0.15) is 22.7 Å². The van der Waals surface area contributed by atoms with Crippen molar-refractivity contribution in [3.63, 3.8) is 0 Å². The second-order valence-electron chi connectivity index (χ2n) is 10.6. The molecule has 12 nitrogen and oxygen atoms in total. The van der Waals surface area contributed by atoms with E-state index in [4.69, 9.17) is 0 Å². The van der Waals surface area contributed by atoms with Crippen LogP contribution in [-0.2, 0) is 21.4 Å². The number of carbonyl (C=O) groups excluding carboxylic acids is 1. The number of carbonyl (C=O) groups is 1. The number of nitrogens with zero attached hydrogens (tertiary/aromatic N) is 5. The van der Waals surface area contributed by atoms with Crippen LogP contribution in [0.4, 0.5) is 14.5 Å². The summed E-state index contributed by atoms with van der Waals surface area (Å²) in [7, 11) is -3.48. The molecule has 0 spiro atoms. The van der Waals surface area contributed by atoms with Crippen LogP contribution in [0.3, 0.4) is 0 Å². The maximum Gasteiger partial charge on any atom is 0.227 e. The lowest BCUT2D eigenvalue weighted by atomic mass is 10.0. The molecule has 0 radical (unpaired) electrons. The highest BCUT2D eigenvalue weighted by Gasteiger charge is 2.30. The van der Waals surface area contributed by atoms with Gasteiger partial charge in [0.25, 0.3) is 0 Å². The predicted molar refractivity (Wildman–Crippen MR) is 158 cm³/mol. The first-order valence-electron chi connectivity index (χ1n) is 13.5. The van der Waals surface area contributed by atoms with Crippen molar-refractivity contribution in [2.24, 2.45) is 5.92 Å². The van der Waals surface area contributed by atoms with Gasteiger partial charge in [-0.2, -0.15) is 5.10 Å². The van der Waals surface area contributed by atoms with Crippen LogP contribution >= 0.6 is 0 Å². The van der Waals surface area contributed by atoms with E-state index in [2.05, 4.69) is 45.2 Å². The Hall–Kier alpha value is -5.15. The Morgan fingerprint density at radius 1 is 1.05 bits per heavy atom. The molecule has 5 aromatic heterocycles. The second kappa shape index (κ2) is 10.5. The van der Waals surface area contributed by atoms with Crippen molar-refractivity contribution in [2.75, 3.05) is 11.6 Å². The molecule has 7 rings (SSSR count). The Balaban J connectivity index is 1.27. The molecule has 1 fully saturated rings. The largest absolute Gasteiger partial charge is 0.324 e. The number of aromatic nitrogens is 7. The molecular weight excluding hydrogens is 592 g/mol. The first kappa shape index (κ1) is 27.7. The molecule has 1 aliphatic rings. The van der Waals surface area contributed by atoms with Crippen LogP contribution in [0.5, 0.6) is 0 Å². The number of imidazole rings is 1. The molecule has 222 valence electrons. The summed E-state index contributed by atoms with van der Waals surface area (Å²) in [6, 6.07) is 7.47. The standard InChI is InChI=1S/C29H23F2N9O3S/c1-44(42,43)35-10-14-6-16(8-18(30)7-14)20-4-5-33-27-25(20)37-28(38-27)26-22-21(39-40-26)13-34-24(23(22)31)17-9-19(12-32-11-17)36-29(41)15-2-3-15/h4-9,11-13,15,35H,2-3,10H2,1H3,(H,36,41)(H,39,40)(H,33,37,38). The van der Waals surface area contributed by atoms with Crippen molar-refractivity contribution in [1.82, 2.24) is 39.8 Å². The van der Waals surface area contributed by atoms with E-state index in [-0.39, 0.29) is 41.0 Å². The van der Waals surface area contributed by atoms with Crippen molar-refractivity contribution in [2.45, 2.75) is 19.4 Å². The van der Waals surface area contributed by atoms with E-state index in [1.807, 2.05) is 0 Å². The highest BCUT2D eigenvalue weighted by molar-refractivity contribution is 7.88. The number of amides is 1. The number of pyridine rings is 3. The molecule has 0 saturated heterocycles. The molecular formula is C29H23F2N9O3S. The number of hydrogen-bond acceptors (Lipinski definition) is 8. The van der Waals surface area contributed by atoms with Crippen LogP contribution in [0.2, 0.25) is 0 Å². The number of fused-ring (bicyclic) bond motifs is 2. The smallest absolute Gasteiger partial charge is 0.227 e. The molecule has 0 atom stereocenters. The van der Waals surface area contributed by atoms with E-state index in [9.17, 15) is 17.6 Å². The Bertz CT molecular complexity index is 2210. The topological polar surface area (TPSA) is 171 Å². The molecule has 0 unspecified atom stereocenters. The maximum atomic E-state index is 16.1. The first-order valence-corrected chi connectivity index (χ1v) is 15.4.